The molecule has 0 amide bonds. The van der Waals surface area contributed by atoms with Gasteiger partial charge in [0, 0.05) is 17.5 Å². The molecule has 0 saturated carbocycles. The van der Waals surface area contributed by atoms with Crippen LogP contribution in [0.4, 0.5) is 0 Å². The summed E-state index contributed by atoms with van der Waals surface area (Å²) in [5.41, 5.74) is 3.09. The molecule has 4 nitrogen and oxygen atoms in total. The van der Waals surface area contributed by atoms with Gasteiger partial charge in [-0.25, -0.2) is 9.97 Å². The van der Waals surface area contributed by atoms with Crippen LogP contribution >= 0.6 is 11.3 Å². The van der Waals surface area contributed by atoms with Crippen LogP contribution in [0, 0.1) is 17.8 Å². The van der Waals surface area contributed by atoms with Crippen LogP contribution < -0.4 is 0 Å². The molecule has 26 heavy (non-hydrogen) atoms. The Bertz CT molecular complexity index is 942. The SMILES string of the molecule is CN1CCC(COCC#Cc2ncnc3scc(-c4ccccc4)c23)C1. The topological polar surface area (TPSA) is 38.2 Å². The van der Waals surface area contributed by atoms with Crippen LogP contribution in [-0.4, -0.2) is 48.2 Å². The van der Waals surface area contributed by atoms with E-state index >= 15 is 0 Å². The average molecular weight is 363 g/mol. The van der Waals surface area contributed by atoms with Crippen molar-refractivity contribution in [2.75, 3.05) is 33.4 Å². The second kappa shape index (κ2) is 7.96. The summed E-state index contributed by atoms with van der Waals surface area (Å²) in [6.07, 6.45) is 2.80. The fraction of sp³-hybridized carbons (Fsp3) is 0.333. The van der Waals surface area contributed by atoms with Gasteiger partial charge < -0.3 is 9.64 Å². The van der Waals surface area contributed by atoms with E-state index in [2.05, 4.69) is 51.3 Å². The molecule has 0 aliphatic carbocycles. The molecule has 1 aliphatic heterocycles. The minimum Gasteiger partial charge on any atom is -0.368 e. The lowest BCUT2D eigenvalue weighted by molar-refractivity contribution is 0.129. The van der Waals surface area contributed by atoms with Crippen molar-refractivity contribution >= 4 is 21.6 Å². The highest BCUT2D eigenvalue weighted by atomic mass is 32.1. The summed E-state index contributed by atoms with van der Waals surface area (Å²) in [5, 5.41) is 3.17. The predicted octanol–water partition coefficient (Wildman–Crippen LogP) is 3.68. The molecule has 5 heteroatoms. The second-order valence-corrected chi connectivity index (χ2v) is 7.51. The Hall–Kier alpha value is -2.26. The van der Waals surface area contributed by atoms with Gasteiger partial charge in [0.1, 0.15) is 23.5 Å². The third-order valence-corrected chi connectivity index (χ3v) is 5.56. The van der Waals surface area contributed by atoms with Crippen molar-refractivity contribution in [3.63, 3.8) is 0 Å². The molecule has 0 spiro atoms. The highest BCUT2D eigenvalue weighted by Gasteiger charge is 2.19. The average Bonchev–Trinajstić information content (AvgIpc) is 3.29. The van der Waals surface area contributed by atoms with E-state index < -0.39 is 0 Å². The normalized spacial score (nSPS) is 17.3. The molecule has 4 rings (SSSR count). The molecule has 0 bridgehead atoms. The first-order valence-electron chi connectivity index (χ1n) is 8.84. The van der Waals surface area contributed by atoms with E-state index in [1.807, 2.05) is 18.2 Å². The molecule has 1 atom stereocenters. The van der Waals surface area contributed by atoms with Crippen LogP contribution in [0.25, 0.3) is 21.3 Å². The number of hydrogen-bond donors (Lipinski definition) is 0. The molecule has 1 aliphatic rings. The largest absolute Gasteiger partial charge is 0.368 e. The van der Waals surface area contributed by atoms with Crippen molar-refractivity contribution < 1.29 is 4.74 Å². The Labute approximate surface area is 157 Å². The molecule has 0 radical (unpaired) electrons. The summed E-state index contributed by atoms with van der Waals surface area (Å²) in [6, 6.07) is 10.3. The van der Waals surface area contributed by atoms with Crippen LogP contribution in [-0.2, 0) is 4.74 Å². The van der Waals surface area contributed by atoms with Gasteiger partial charge in [0.05, 0.1) is 12.0 Å². The molecule has 132 valence electrons. The molecular weight excluding hydrogens is 342 g/mol. The van der Waals surface area contributed by atoms with E-state index in [1.165, 1.54) is 18.5 Å². The summed E-state index contributed by atoms with van der Waals surface area (Å²) < 4.78 is 5.75. The molecule has 2 aromatic heterocycles. The zero-order valence-electron chi connectivity index (χ0n) is 14.8. The van der Waals surface area contributed by atoms with Crippen LogP contribution in [0.15, 0.2) is 42.0 Å². The number of hydrogen-bond acceptors (Lipinski definition) is 5. The van der Waals surface area contributed by atoms with Crippen LogP contribution in [0.3, 0.4) is 0 Å². The van der Waals surface area contributed by atoms with Gasteiger partial charge >= 0.3 is 0 Å². The molecule has 1 fully saturated rings. The number of thiophene rings is 1. The van der Waals surface area contributed by atoms with Gasteiger partial charge in [-0.1, -0.05) is 36.3 Å². The number of nitrogens with zero attached hydrogens (tertiary/aromatic N) is 3. The minimum absolute atomic E-state index is 0.441. The lowest BCUT2D eigenvalue weighted by atomic mass is 10.1. The first-order chi connectivity index (χ1) is 12.8. The third kappa shape index (κ3) is 3.78. The summed E-state index contributed by atoms with van der Waals surface area (Å²) in [5.74, 6) is 6.95. The molecule has 1 saturated heterocycles. The molecule has 3 heterocycles. The smallest absolute Gasteiger partial charge is 0.128 e. The van der Waals surface area contributed by atoms with Crippen LogP contribution in [0.5, 0.6) is 0 Å². The van der Waals surface area contributed by atoms with Crippen molar-refractivity contribution in [3.8, 4) is 23.0 Å². The minimum atomic E-state index is 0.441. The van der Waals surface area contributed by atoms with Crippen molar-refractivity contribution in [2.45, 2.75) is 6.42 Å². The number of ether oxygens (including phenoxy) is 1. The third-order valence-electron chi connectivity index (χ3n) is 4.68. The lowest BCUT2D eigenvalue weighted by Gasteiger charge is -2.09. The molecule has 0 N–H and O–H groups in total. The second-order valence-electron chi connectivity index (χ2n) is 6.65. The Morgan fingerprint density at radius 3 is 2.96 bits per heavy atom. The Morgan fingerprint density at radius 2 is 2.15 bits per heavy atom. The van der Waals surface area contributed by atoms with E-state index in [4.69, 9.17) is 4.74 Å². The van der Waals surface area contributed by atoms with Gasteiger partial charge in [0.25, 0.3) is 0 Å². The summed E-state index contributed by atoms with van der Waals surface area (Å²) in [7, 11) is 2.16. The number of benzene rings is 1. The molecule has 3 aromatic rings. The zero-order chi connectivity index (χ0) is 17.8. The fourth-order valence-corrected chi connectivity index (χ4v) is 4.27. The number of likely N-dealkylation sites (tertiary alicyclic amines) is 1. The van der Waals surface area contributed by atoms with E-state index in [-0.39, 0.29) is 0 Å². The summed E-state index contributed by atoms with van der Waals surface area (Å²) in [4.78, 5) is 12.1. The Kier molecular flexibility index (Phi) is 5.26. The monoisotopic (exact) mass is 363 g/mol. The zero-order valence-corrected chi connectivity index (χ0v) is 15.6. The molecular formula is C21H21N3OS. The van der Waals surface area contributed by atoms with E-state index in [1.54, 1.807) is 17.7 Å². The quantitative estimate of drug-likeness (QED) is 0.524. The number of rotatable bonds is 4. The highest BCUT2D eigenvalue weighted by molar-refractivity contribution is 7.17. The number of aromatic nitrogens is 2. The van der Waals surface area contributed by atoms with Gasteiger partial charge in [0.15, 0.2) is 0 Å². The van der Waals surface area contributed by atoms with Gasteiger partial charge in [0.2, 0.25) is 0 Å². The summed E-state index contributed by atoms with van der Waals surface area (Å²) in [6.45, 7) is 3.51. The molecule has 1 aromatic carbocycles. The van der Waals surface area contributed by atoms with Crippen LogP contribution in [0.2, 0.25) is 0 Å². The van der Waals surface area contributed by atoms with E-state index in [0.717, 1.165) is 34.6 Å². The van der Waals surface area contributed by atoms with E-state index in [0.29, 0.717) is 12.5 Å². The van der Waals surface area contributed by atoms with Crippen molar-refractivity contribution in [1.29, 1.82) is 0 Å². The van der Waals surface area contributed by atoms with Gasteiger partial charge in [-0.2, -0.15) is 0 Å². The maximum absolute atomic E-state index is 5.75. The van der Waals surface area contributed by atoms with Crippen molar-refractivity contribution in [1.82, 2.24) is 14.9 Å². The first kappa shape index (κ1) is 17.2. The maximum atomic E-state index is 5.75. The fourth-order valence-electron chi connectivity index (χ4n) is 3.36. The standard InChI is InChI=1S/C21H21N3OS/c1-24-10-9-16(12-24)13-25-11-5-8-19-20-18(17-6-3-2-4-7-17)14-26-21(20)23-15-22-19/h2-4,6-7,14-16H,9-13H2,1H3. The Balaban J connectivity index is 1.49. The van der Waals surface area contributed by atoms with Gasteiger partial charge in [-0.3, -0.25) is 0 Å². The number of fused-ring (bicyclic) bond motifs is 1. The highest BCUT2D eigenvalue weighted by Crippen LogP contribution is 2.33. The first-order valence-corrected chi connectivity index (χ1v) is 9.72. The van der Waals surface area contributed by atoms with Crippen molar-refractivity contribution in [2.24, 2.45) is 5.92 Å². The van der Waals surface area contributed by atoms with Crippen molar-refractivity contribution in [3.05, 3.63) is 47.7 Å². The predicted molar refractivity (Wildman–Crippen MR) is 106 cm³/mol. The van der Waals surface area contributed by atoms with Gasteiger partial charge in [-0.05, 0) is 37.4 Å². The van der Waals surface area contributed by atoms with Crippen LogP contribution in [0.1, 0.15) is 12.1 Å². The lowest BCUT2D eigenvalue weighted by Crippen LogP contribution is -2.16. The summed E-state index contributed by atoms with van der Waals surface area (Å²) >= 11 is 1.63. The molecule has 1 unspecified atom stereocenters. The maximum Gasteiger partial charge on any atom is 0.128 e. The Morgan fingerprint density at radius 1 is 1.27 bits per heavy atom. The van der Waals surface area contributed by atoms with E-state index in [9.17, 15) is 0 Å². The van der Waals surface area contributed by atoms with Gasteiger partial charge in [-0.15, -0.1) is 11.3 Å².